The lowest BCUT2D eigenvalue weighted by molar-refractivity contribution is -0.117. The number of nitrogens with one attached hydrogen (secondary N) is 4. The smallest absolute Gasteiger partial charge is 0.272 e. The maximum absolute atomic E-state index is 13.1. The summed E-state index contributed by atoms with van der Waals surface area (Å²) in [7, 11) is 0. The fourth-order valence-electron chi connectivity index (χ4n) is 4.44. The highest BCUT2D eigenvalue weighted by Gasteiger charge is 2.43. The molecule has 0 aliphatic heterocycles. The van der Waals surface area contributed by atoms with Crippen LogP contribution in [0.1, 0.15) is 28.4 Å². The van der Waals surface area contributed by atoms with E-state index in [-0.39, 0.29) is 23.7 Å². The summed E-state index contributed by atoms with van der Waals surface area (Å²) < 4.78 is 0.816. The lowest BCUT2D eigenvalue weighted by Crippen LogP contribution is -2.15. The van der Waals surface area contributed by atoms with Crippen molar-refractivity contribution >= 4 is 50.0 Å². The van der Waals surface area contributed by atoms with Gasteiger partial charge in [-0.25, -0.2) is 0 Å². The second-order valence-electron chi connectivity index (χ2n) is 8.68. The van der Waals surface area contributed by atoms with E-state index in [1.165, 1.54) is 5.56 Å². The summed E-state index contributed by atoms with van der Waals surface area (Å²) in [5.41, 5.74) is 4.05. The first-order chi connectivity index (χ1) is 17.6. The third-order valence-corrected chi connectivity index (χ3v) is 6.82. The van der Waals surface area contributed by atoms with Gasteiger partial charge < -0.3 is 15.6 Å². The fraction of sp³-hybridized carbons (Fsp3) is 0.115. The predicted molar refractivity (Wildman–Crippen MR) is 139 cm³/mol. The van der Waals surface area contributed by atoms with Crippen LogP contribution in [-0.2, 0) is 4.79 Å². The summed E-state index contributed by atoms with van der Waals surface area (Å²) in [5, 5.41) is 20.9. The number of halogens is 1. The molecule has 6 rings (SSSR count). The molecule has 1 aliphatic rings. The molecule has 5 aromatic rings. The molecule has 178 valence electrons. The monoisotopic (exact) mass is 541 g/mol. The minimum absolute atomic E-state index is 0.0171. The Morgan fingerprint density at radius 1 is 0.944 bits per heavy atom. The van der Waals surface area contributed by atoms with Gasteiger partial charge in [0.05, 0.1) is 16.9 Å². The van der Waals surface area contributed by atoms with Crippen molar-refractivity contribution in [3.05, 3.63) is 88.5 Å². The minimum Gasteiger partial charge on any atom is -0.349 e. The SMILES string of the molecule is O=C(Nc1ccc(Br)cc1-c1nn[nH]n1)c1cc2cccc(NC(=O)C3CC3c3ccccc3)c2[nH]1. The molecule has 0 spiro atoms. The zero-order valence-corrected chi connectivity index (χ0v) is 20.4. The van der Waals surface area contributed by atoms with Gasteiger partial charge in [0.1, 0.15) is 5.69 Å². The second-order valence-corrected chi connectivity index (χ2v) is 9.60. The first-order valence-corrected chi connectivity index (χ1v) is 12.2. The number of hydrogen-bond acceptors (Lipinski definition) is 5. The number of carbonyl (C=O) groups is 2. The van der Waals surface area contributed by atoms with Crippen molar-refractivity contribution in [3.8, 4) is 11.4 Å². The second kappa shape index (κ2) is 9.04. The molecule has 36 heavy (non-hydrogen) atoms. The van der Waals surface area contributed by atoms with Crippen LogP contribution in [0.4, 0.5) is 11.4 Å². The van der Waals surface area contributed by atoms with Crippen LogP contribution in [0.2, 0.25) is 0 Å². The van der Waals surface area contributed by atoms with E-state index in [1.807, 2.05) is 42.5 Å². The maximum atomic E-state index is 13.1. The summed E-state index contributed by atoms with van der Waals surface area (Å²) >= 11 is 3.44. The van der Waals surface area contributed by atoms with E-state index in [1.54, 1.807) is 18.2 Å². The Hall–Kier alpha value is -4.31. The van der Waals surface area contributed by atoms with Gasteiger partial charge in [-0.2, -0.15) is 5.21 Å². The summed E-state index contributed by atoms with van der Waals surface area (Å²) in [6, 6.07) is 22.8. The zero-order valence-electron chi connectivity index (χ0n) is 18.8. The van der Waals surface area contributed by atoms with E-state index in [0.717, 1.165) is 16.3 Å². The Morgan fingerprint density at radius 2 is 1.81 bits per heavy atom. The number of amides is 2. The van der Waals surface area contributed by atoms with Crippen molar-refractivity contribution in [1.29, 1.82) is 0 Å². The van der Waals surface area contributed by atoms with Gasteiger partial charge in [-0.05, 0) is 53.4 Å². The molecule has 0 bridgehead atoms. The standard InChI is InChI=1S/C26H20BrN7O2/c27-16-9-10-20(19(12-16)24-31-33-34-32-24)29-26(36)22-11-15-7-4-8-21(23(15)28-22)30-25(35)18-13-17(18)14-5-2-1-3-6-14/h1-12,17-18,28H,13H2,(H,29,36)(H,30,35)(H,31,32,33,34). The van der Waals surface area contributed by atoms with Crippen LogP contribution < -0.4 is 10.6 Å². The van der Waals surface area contributed by atoms with Gasteiger partial charge in [-0.1, -0.05) is 58.4 Å². The van der Waals surface area contributed by atoms with Gasteiger partial charge in [0, 0.05) is 21.3 Å². The normalized spacial score (nSPS) is 16.6. The Kier molecular flexibility index (Phi) is 5.57. The number of benzene rings is 3. The first kappa shape index (κ1) is 22.2. The first-order valence-electron chi connectivity index (χ1n) is 11.4. The number of hydrogen-bond donors (Lipinski definition) is 4. The highest BCUT2D eigenvalue weighted by molar-refractivity contribution is 9.10. The van der Waals surface area contributed by atoms with Gasteiger partial charge in [-0.15, -0.1) is 10.2 Å². The quantitative estimate of drug-likeness (QED) is 0.237. The topological polar surface area (TPSA) is 128 Å². The molecule has 10 heteroatoms. The molecule has 2 unspecified atom stereocenters. The third-order valence-electron chi connectivity index (χ3n) is 6.33. The van der Waals surface area contributed by atoms with Crippen molar-refractivity contribution in [3.63, 3.8) is 0 Å². The van der Waals surface area contributed by atoms with Crippen molar-refractivity contribution in [2.75, 3.05) is 10.6 Å². The number of para-hydroxylation sites is 1. The third kappa shape index (κ3) is 4.27. The number of aromatic amines is 2. The van der Waals surface area contributed by atoms with Crippen molar-refractivity contribution < 1.29 is 9.59 Å². The Labute approximate surface area is 213 Å². The van der Waals surface area contributed by atoms with E-state index in [9.17, 15) is 9.59 Å². The number of anilines is 2. The van der Waals surface area contributed by atoms with E-state index in [4.69, 9.17) is 0 Å². The number of carbonyl (C=O) groups excluding carboxylic acids is 2. The summed E-state index contributed by atoms with van der Waals surface area (Å²) in [4.78, 5) is 29.2. The Bertz CT molecular complexity index is 1580. The number of rotatable bonds is 6. The van der Waals surface area contributed by atoms with Gasteiger partial charge in [0.25, 0.3) is 5.91 Å². The number of nitrogens with zero attached hydrogens (tertiary/aromatic N) is 3. The van der Waals surface area contributed by atoms with E-state index >= 15 is 0 Å². The van der Waals surface area contributed by atoms with Crippen LogP contribution >= 0.6 is 15.9 Å². The van der Waals surface area contributed by atoms with Gasteiger partial charge in [0.2, 0.25) is 11.7 Å². The number of aromatic nitrogens is 5. The minimum atomic E-state index is -0.332. The average Bonchev–Trinajstić information content (AvgIpc) is 3.28. The van der Waals surface area contributed by atoms with Crippen LogP contribution in [0.25, 0.3) is 22.3 Å². The van der Waals surface area contributed by atoms with E-state index < -0.39 is 0 Å². The highest BCUT2D eigenvalue weighted by Crippen LogP contribution is 2.48. The predicted octanol–water partition coefficient (Wildman–Crippen LogP) is 5.11. The molecule has 4 N–H and O–H groups in total. The molecule has 0 radical (unpaired) electrons. The molecule has 2 atom stereocenters. The van der Waals surface area contributed by atoms with Crippen LogP contribution in [0.15, 0.2) is 77.3 Å². The molecule has 9 nitrogen and oxygen atoms in total. The van der Waals surface area contributed by atoms with Crippen molar-refractivity contribution in [2.24, 2.45) is 5.92 Å². The maximum Gasteiger partial charge on any atom is 0.272 e. The average molecular weight is 542 g/mol. The molecule has 2 aromatic heterocycles. The van der Waals surface area contributed by atoms with Crippen LogP contribution in [0, 0.1) is 5.92 Å². The van der Waals surface area contributed by atoms with Gasteiger partial charge in [-0.3, -0.25) is 9.59 Å². The molecule has 2 heterocycles. The van der Waals surface area contributed by atoms with Crippen LogP contribution in [0.5, 0.6) is 0 Å². The van der Waals surface area contributed by atoms with Gasteiger partial charge >= 0.3 is 0 Å². The molecule has 0 saturated heterocycles. The molecule has 1 aliphatic carbocycles. The largest absolute Gasteiger partial charge is 0.349 e. The summed E-state index contributed by atoms with van der Waals surface area (Å²) in [6.07, 6.45) is 0.833. The summed E-state index contributed by atoms with van der Waals surface area (Å²) in [6.45, 7) is 0. The molecule has 3 aromatic carbocycles. The Balaban J connectivity index is 1.22. The zero-order chi connectivity index (χ0) is 24.6. The van der Waals surface area contributed by atoms with Crippen LogP contribution in [-0.4, -0.2) is 37.4 Å². The molecular weight excluding hydrogens is 522 g/mol. The van der Waals surface area contributed by atoms with Crippen LogP contribution in [0.3, 0.4) is 0 Å². The number of fused-ring (bicyclic) bond motifs is 1. The number of H-pyrrole nitrogens is 2. The molecule has 1 saturated carbocycles. The summed E-state index contributed by atoms with van der Waals surface area (Å²) in [5.74, 6) is 0.205. The Morgan fingerprint density at radius 3 is 2.61 bits per heavy atom. The molecule has 1 fully saturated rings. The van der Waals surface area contributed by atoms with E-state index in [0.29, 0.717) is 34.0 Å². The van der Waals surface area contributed by atoms with Crippen molar-refractivity contribution in [1.82, 2.24) is 25.6 Å². The van der Waals surface area contributed by atoms with E-state index in [2.05, 4.69) is 64.3 Å². The lowest BCUT2D eigenvalue weighted by atomic mass is 10.1. The number of tetrazole rings is 1. The van der Waals surface area contributed by atoms with Crippen molar-refractivity contribution in [2.45, 2.75) is 12.3 Å². The lowest BCUT2D eigenvalue weighted by Gasteiger charge is -2.09. The molecule has 2 amide bonds. The molecular formula is C26H20BrN7O2. The highest BCUT2D eigenvalue weighted by atomic mass is 79.9. The van der Waals surface area contributed by atoms with Gasteiger partial charge in [0.15, 0.2) is 0 Å². The fourth-order valence-corrected chi connectivity index (χ4v) is 4.80.